The number of hydrazone groups is 1. The minimum absolute atomic E-state index is 0.125. The third kappa shape index (κ3) is 5.60. The monoisotopic (exact) mass is 503 g/mol. The number of carbonyl (C=O) groups excluding carboxylic acids is 1. The van der Waals surface area contributed by atoms with E-state index in [1.54, 1.807) is 0 Å². The Labute approximate surface area is 218 Å². The zero-order chi connectivity index (χ0) is 25.2. The molecule has 0 spiro atoms. The second-order valence-electron chi connectivity index (χ2n) is 10.9. The largest absolute Gasteiger partial charge is 0.390 e. The van der Waals surface area contributed by atoms with E-state index in [1.807, 2.05) is 16.1 Å². The summed E-state index contributed by atoms with van der Waals surface area (Å²) < 4.78 is 5.48. The normalized spacial score (nSPS) is 23.4. The molecule has 1 atom stereocenters. The average Bonchev–Trinajstić information content (AvgIpc) is 3.69. The molecule has 2 aromatic carbocycles. The summed E-state index contributed by atoms with van der Waals surface area (Å²) in [4.78, 5) is 16.7. The average molecular weight is 504 g/mol. The SMILES string of the molecule is O=C(C1CC1)N1CCC(O)(CC2CC=NN2c2ccc(Nc3cccc(N4CCOCC4)c3)cc2)CC1. The summed E-state index contributed by atoms with van der Waals surface area (Å²) >= 11 is 0. The van der Waals surface area contributed by atoms with Crippen LogP contribution in [0.4, 0.5) is 22.7 Å². The Bertz CT molecular complexity index is 1120. The van der Waals surface area contributed by atoms with Crippen molar-refractivity contribution < 1.29 is 14.6 Å². The number of amides is 1. The fourth-order valence-electron chi connectivity index (χ4n) is 5.74. The summed E-state index contributed by atoms with van der Waals surface area (Å²) in [5, 5.41) is 21.5. The third-order valence-corrected chi connectivity index (χ3v) is 8.12. The highest BCUT2D eigenvalue weighted by Gasteiger charge is 2.41. The van der Waals surface area contributed by atoms with Crippen LogP contribution in [0.1, 0.15) is 38.5 Å². The number of carbonyl (C=O) groups is 1. The predicted molar refractivity (Wildman–Crippen MR) is 147 cm³/mol. The number of hydrogen-bond donors (Lipinski definition) is 2. The Hall–Kier alpha value is -3.10. The number of likely N-dealkylation sites (tertiary alicyclic amines) is 1. The molecule has 37 heavy (non-hydrogen) atoms. The molecular weight excluding hydrogens is 466 g/mol. The minimum atomic E-state index is -0.746. The van der Waals surface area contributed by atoms with E-state index in [9.17, 15) is 9.90 Å². The molecule has 2 saturated heterocycles. The summed E-state index contributed by atoms with van der Waals surface area (Å²) in [7, 11) is 0. The number of benzene rings is 2. The molecule has 3 aliphatic heterocycles. The second kappa shape index (κ2) is 10.3. The summed E-state index contributed by atoms with van der Waals surface area (Å²) in [6.07, 6.45) is 6.77. The van der Waals surface area contributed by atoms with Crippen LogP contribution >= 0.6 is 0 Å². The zero-order valence-corrected chi connectivity index (χ0v) is 21.4. The lowest BCUT2D eigenvalue weighted by Crippen LogP contribution is -2.49. The van der Waals surface area contributed by atoms with Crippen LogP contribution in [0.25, 0.3) is 0 Å². The summed E-state index contributed by atoms with van der Waals surface area (Å²) in [6, 6.07) is 17.0. The first-order chi connectivity index (χ1) is 18.1. The van der Waals surface area contributed by atoms with Crippen molar-refractivity contribution in [2.45, 2.75) is 50.2 Å². The van der Waals surface area contributed by atoms with Gasteiger partial charge >= 0.3 is 0 Å². The van der Waals surface area contributed by atoms with E-state index in [1.165, 1.54) is 5.69 Å². The molecule has 2 aromatic rings. The van der Waals surface area contributed by atoms with Gasteiger partial charge < -0.3 is 25.0 Å². The highest BCUT2D eigenvalue weighted by atomic mass is 16.5. The van der Waals surface area contributed by atoms with Crippen molar-refractivity contribution in [3.05, 3.63) is 48.5 Å². The number of hydrogen-bond acceptors (Lipinski definition) is 7. The fraction of sp³-hybridized carbons (Fsp3) is 0.517. The number of morpholine rings is 1. The van der Waals surface area contributed by atoms with Gasteiger partial charge in [-0.1, -0.05) is 6.07 Å². The number of rotatable bonds is 7. The van der Waals surface area contributed by atoms with Crippen molar-refractivity contribution >= 4 is 34.9 Å². The van der Waals surface area contributed by atoms with Gasteiger partial charge in [-0.05, 0) is 74.6 Å². The second-order valence-corrected chi connectivity index (χ2v) is 10.9. The van der Waals surface area contributed by atoms with Crippen LogP contribution < -0.4 is 15.2 Å². The van der Waals surface area contributed by atoms with E-state index in [0.717, 1.165) is 62.6 Å². The van der Waals surface area contributed by atoms with Gasteiger partial charge in [-0.25, -0.2) is 0 Å². The first kappa shape index (κ1) is 24.2. The molecule has 6 rings (SSSR count). The van der Waals surface area contributed by atoms with Crippen molar-refractivity contribution in [2.24, 2.45) is 11.0 Å². The highest BCUT2D eigenvalue weighted by Crippen LogP contribution is 2.36. The molecule has 1 saturated carbocycles. The molecule has 0 radical (unpaired) electrons. The Balaban J connectivity index is 1.06. The maximum atomic E-state index is 12.4. The topological polar surface area (TPSA) is 80.6 Å². The van der Waals surface area contributed by atoms with E-state index >= 15 is 0 Å². The van der Waals surface area contributed by atoms with Crippen LogP contribution in [0.15, 0.2) is 53.6 Å². The van der Waals surface area contributed by atoms with Gasteiger partial charge in [-0.2, -0.15) is 5.10 Å². The lowest BCUT2D eigenvalue weighted by atomic mass is 9.84. The number of anilines is 4. The molecule has 3 heterocycles. The highest BCUT2D eigenvalue weighted by molar-refractivity contribution is 5.81. The summed E-state index contributed by atoms with van der Waals surface area (Å²) in [5.74, 6) is 0.533. The first-order valence-electron chi connectivity index (χ1n) is 13.7. The van der Waals surface area contributed by atoms with E-state index in [0.29, 0.717) is 32.4 Å². The van der Waals surface area contributed by atoms with Crippen LogP contribution in [0.3, 0.4) is 0 Å². The maximum Gasteiger partial charge on any atom is 0.225 e. The zero-order valence-electron chi connectivity index (χ0n) is 21.4. The quantitative estimate of drug-likeness (QED) is 0.595. The van der Waals surface area contributed by atoms with Gasteiger partial charge in [0.15, 0.2) is 0 Å². The van der Waals surface area contributed by atoms with Gasteiger partial charge in [0.25, 0.3) is 0 Å². The van der Waals surface area contributed by atoms with E-state index in [2.05, 4.69) is 63.8 Å². The lowest BCUT2D eigenvalue weighted by molar-refractivity contribution is -0.137. The Kier molecular flexibility index (Phi) is 6.78. The van der Waals surface area contributed by atoms with Crippen molar-refractivity contribution in [1.82, 2.24) is 4.90 Å². The Morgan fingerprint density at radius 1 is 1.00 bits per heavy atom. The Morgan fingerprint density at radius 3 is 2.49 bits per heavy atom. The van der Waals surface area contributed by atoms with Crippen LogP contribution in [0.2, 0.25) is 0 Å². The summed E-state index contributed by atoms with van der Waals surface area (Å²) in [5.41, 5.74) is 3.57. The molecule has 1 aliphatic carbocycles. The van der Waals surface area contributed by atoms with Crippen LogP contribution in [-0.4, -0.2) is 73.2 Å². The molecule has 0 bridgehead atoms. The van der Waals surface area contributed by atoms with Gasteiger partial charge in [-0.3, -0.25) is 9.80 Å². The molecule has 8 nitrogen and oxygen atoms in total. The van der Waals surface area contributed by atoms with Gasteiger partial charge in [0.2, 0.25) is 5.91 Å². The van der Waals surface area contributed by atoms with Crippen molar-refractivity contribution in [3.63, 3.8) is 0 Å². The van der Waals surface area contributed by atoms with Crippen LogP contribution in [0.5, 0.6) is 0 Å². The Morgan fingerprint density at radius 2 is 1.76 bits per heavy atom. The molecule has 196 valence electrons. The molecule has 8 heteroatoms. The van der Waals surface area contributed by atoms with Gasteiger partial charge in [-0.15, -0.1) is 0 Å². The molecule has 0 aromatic heterocycles. The van der Waals surface area contributed by atoms with Crippen molar-refractivity contribution in [3.8, 4) is 0 Å². The van der Waals surface area contributed by atoms with Gasteiger partial charge in [0.05, 0.1) is 30.5 Å². The number of ether oxygens (including phenoxy) is 1. The lowest BCUT2D eigenvalue weighted by Gasteiger charge is -2.40. The fourth-order valence-corrected chi connectivity index (χ4v) is 5.74. The van der Waals surface area contributed by atoms with E-state index in [-0.39, 0.29) is 17.9 Å². The number of nitrogens with zero attached hydrogens (tertiary/aromatic N) is 4. The number of aliphatic hydroxyl groups is 1. The maximum absolute atomic E-state index is 12.4. The standard InChI is InChI=1S/C29H37N5O3/c35-28(22-4-5-22)33-14-11-29(36,12-15-33)21-27-10-13-30-34(27)25-8-6-23(7-9-25)31-24-2-1-3-26(20-24)32-16-18-37-19-17-32/h1-3,6-9,13,20,22,27,31,36H,4-5,10-12,14-19,21H2. The smallest absolute Gasteiger partial charge is 0.225 e. The third-order valence-electron chi connectivity index (χ3n) is 8.12. The predicted octanol–water partition coefficient (Wildman–Crippen LogP) is 3.98. The van der Waals surface area contributed by atoms with Crippen LogP contribution in [-0.2, 0) is 9.53 Å². The molecule has 3 fully saturated rings. The van der Waals surface area contributed by atoms with E-state index < -0.39 is 5.60 Å². The molecule has 2 N–H and O–H groups in total. The summed E-state index contributed by atoms with van der Waals surface area (Å²) in [6.45, 7) is 4.70. The molecule has 1 unspecified atom stereocenters. The molecular formula is C29H37N5O3. The van der Waals surface area contributed by atoms with Gasteiger partial charge in [0.1, 0.15) is 0 Å². The molecule has 4 aliphatic rings. The van der Waals surface area contributed by atoms with Gasteiger partial charge in [0, 0.05) is 61.8 Å². The van der Waals surface area contributed by atoms with Crippen molar-refractivity contribution in [1.29, 1.82) is 0 Å². The first-order valence-corrected chi connectivity index (χ1v) is 13.7. The molecule has 1 amide bonds. The number of nitrogens with one attached hydrogen (secondary N) is 1. The van der Waals surface area contributed by atoms with E-state index in [4.69, 9.17) is 4.74 Å². The minimum Gasteiger partial charge on any atom is -0.390 e. The van der Waals surface area contributed by atoms with Crippen LogP contribution in [0, 0.1) is 5.92 Å². The van der Waals surface area contributed by atoms with Crippen molar-refractivity contribution in [2.75, 3.05) is 54.6 Å². The number of piperidine rings is 1.